The van der Waals surface area contributed by atoms with Crippen molar-refractivity contribution in [2.24, 2.45) is 5.92 Å². The van der Waals surface area contributed by atoms with E-state index < -0.39 is 6.04 Å². The van der Waals surface area contributed by atoms with Crippen molar-refractivity contribution in [3.05, 3.63) is 54.1 Å². The van der Waals surface area contributed by atoms with E-state index in [1.165, 1.54) is 32.1 Å². The summed E-state index contributed by atoms with van der Waals surface area (Å²) in [5, 5.41) is 9.34. The van der Waals surface area contributed by atoms with Crippen LogP contribution in [0, 0.1) is 5.92 Å². The number of ether oxygens (including phenoxy) is 2. The van der Waals surface area contributed by atoms with Crippen LogP contribution in [-0.4, -0.2) is 64.4 Å². The van der Waals surface area contributed by atoms with Gasteiger partial charge in [-0.1, -0.05) is 32.1 Å². The summed E-state index contributed by atoms with van der Waals surface area (Å²) in [6.07, 6.45) is 7.88. The van der Waals surface area contributed by atoms with E-state index in [-0.39, 0.29) is 11.8 Å². The molecular formula is C30H42N4O4. The minimum atomic E-state index is -0.552. The number of benzene rings is 2. The van der Waals surface area contributed by atoms with Gasteiger partial charge in [0.25, 0.3) is 5.91 Å². The maximum Gasteiger partial charge on any atom is 0.251 e. The Morgan fingerprint density at radius 1 is 0.974 bits per heavy atom. The molecule has 8 heteroatoms. The van der Waals surface area contributed by atoms with Crippen molar-refractivity contribution in [3.8, 4) is 5.75 Å². The minimum Gasteiger partial charge on any atom is -0.497 e. The van der Waals surface area contributed by atoms with Crippen LogP contribution in [0.5, 0.6) is 5.75 Å². The number of nitrogens with one attached hydrogen (secondary N) is 3. The molecule has 2 aromatic carbocycles. The Morgan fingerprint density at radius 3 is 2.37 bits per heavy atom. The Morgan fingerprint density at radius 2 is 1.68 bits per heavy atom. The summed E-state index contributed by atoms with van der Waals surface area (Å²) in [5.74, 6) is 1.10. The molecule has 2 aliphatic rings. The SMILES string of the molecule is COc1ccc(NCCNC(=O)[C@H](CCC2CCCCC2)NC(=O)c2ccc(N3CCOCC3)cc2)cc1. The van der Waals surface area contributed by atoms with Crippen LogP contribution in [0.1, 0.15) is 55.3 Å². The van der Waals surface area contributed by atoms with Gasteiger partial charge in [0, 0.05) is 43.1 Å². The van der Waals surface area contributed by atoms with Crippen LogP contribution in [0.4, 0.5) is 11.4 Å². The summed E-state index contributed by atoms with van der Waals surface area (Å²) in [7, 11) is 1.64. The molecule has 0 unspecified atom stereocenters. The highest BCUT2D eigenvalue weighted by atomic mass is 16.5. The molecule has 4 rings (SSSR count). The number of hydrogen-bond donors (Lipinski definition) is 3. The highest BCUT2D eigenvalue weighted by molar-refractivity contribution is 5.97. The fraction of sp³-hybridized carbons (Fsp3) is 0.533. The van der Waals surface area contributed by atoms with E-state index in [0.29, 0.717) is 31.0 Å². The molecule has 206 valence electrons. The Bertz CT molecular complexity index is 1000. The van der Waals surface area contributed by atoms with Crippen molar-refractivity contribution < 1.29 is 19.1 Å². The zero-order chi connectivity index (χ0) is 26.6. The zero-order valence-corrected chi connectivity index (χ0v) is 22.5. The molecule has 3 N–H and O–H groups in total. The number of morpholine rings is 1. The topological polar surface area (TPSA) is 91.9 Å². The minimum absolute atomic E-state index is 0.129. The summed E-state index contributed by atoms with van der Waals surface area (Å²) < 4.78 is 10.6. The van der Waals surface area contributed by atoms with E-state index >= 15 is 0 Å². The van der Waals surface area contributed by atoms with E-state index in [1.807, 2.05) is 48.5 Å². The van der Waals surface area contributed by atoms with Crippen molar-refractivity contribution in [2.45, 2.75) is 51.0 Å². The number of rotatable bonds is 12. The predicted molar refractivity (Wildman–Crippen MR) is 151 cm³/mol. The molecule has 0 aromatic heterocycles. The summed E-state index contributed by atoms with van der Waals surface area (Å²) in [4.78, 5) is 28.5. The highest BCUT2D eigenvalue weighted by Gasteiger charge is 2.24. The molecular weight excluding hydrogens is 480 g/mol. The van der Waals surface area contributed by atoms with E-state index in [0.717, 1.165) is 49.8 Å². The van der Waals surface area contributed by atoms with Crippen LogP contribution in [0.15, 0.2) is 48.5 Å². The number of amides is 2. The molecule has 38 heavy (non-hydrogen) atoms. The largest absolute Gasteiger partial charge is 0.497 e. The van der Waals surface area contributed by atoms with Gasteiger partial charge in [-0.05, 0) is 67.3 Å². The summed E-state index contributed by atoms with van der Waals surface area (Å²) in [6, 6.07) is 14.8. The lowest BCUT2D eigenvalue weighted by Gasteiger charge is -2.29. The van der Waals surface area contributed by atoms with E-state index in [1.54, 1.807) is 7.11 Å². The van der Waals surface area contributed by atoms with Crippen molar-refractivity contribution in [2.75, 3.05) is 56.7 Å². The van der Waals surface area contributed by atoms with Crippen molar-refractivity contribution in [3.63, 3.8) is 0 Å². The lowest BCUT2D eigenvalue weighted by Crippen LogP contribution is -2.47. The van der Waals surface area contributed by atoms with Gasteiger partial charge in [-0.2, -0.15) is 0 Å². The number of hydrogen-bond acceptors (Lipinski definition) is 6. The van der Waals surface area contributed by atoms with Crippen LogP contribution in [0.25, 0.3) is 0 Å². The second kappa shape index (κ2) is 14.6. The molecule has 1 aliphatic carbocycles. The molecule has 0 radical (unpaired) electrons. The van der Waals surface area contributed by atoms with E-state index in [2.05, 4.69) is 20.9 Å². The number of carbonyl (C=O) groups excluding carboxylic acids is 2. The third-order valence-electron chi connectivity index (χ3n) is 7.56. The van der Waals surface area contributed by atoms with E-state index in [9.17, 15) is 9.59 Å². The van der Waals surface area contributed by atoms with Gasteiger partial charge in [-0.15, -0.1) is 0 Å². The van der Waals surface area contributed by atoms with Crippen LogP contribution in [0.3, 0.4) is 0 Å². The van der Waals surface area contributed by atoms with Gasteiger partial charge < -0.3 is 30.3 Å². The molecule has 2 amide bonds. The first-order valence-corrected chi connectivity index (χ1v) is 14.0. The Kier molecular flexibility index (Phi) is 10.7. The maximum atomic E-state index is 13.1. The molecule has 8 nitrogen and oxygen atoms in total. The number of carbonyl (C=O) groups is 2. The highest BCUT2D eigenvalue weighted by Crippen LogP contribution is 2.28. The van der Waals surface area contributed by atoms with Crippen LogP contribution in [0.2, 0.25) is 0 Å². The summed E-state index contributed by atoms with van der Waals surface area (Å²) >= 11 is 0. The Balaban J connectivity index is 1.30. The summed E-state index contributed by atoms with van der Waals surface area (Å²) in [6.45, 7) is 4.19. The molecule has 1 saturated carbocycles. The lowest BCUT2D eigenvalue weighted by molar-refractivity contribution is -0.123. The van der Waals surface area contributed by atoms with Gasteiger partial charge in [0.2, 0.25) is 5.91 Å². The quantitative estimate of drug-likeness (QED) is 0.362. The third kappa shape index (κ3) is 8.38. The second-order valence-electron chi connectivity index (χ2n) is 10.2. The monoisotopic (exact) mass is 522 g/mol. The smallest absolute Gasteiger partial charge is 0.251 e. The molecule has 1 saturated heterocycles. The Hall–Kier alpha value is -3.26. The first-order chi connectivity index (χ1) is 18.6. The fourth-order valence-corrected chi connectivity index (χ4v) is 5.26. The Labute approximate surface area is 226 Å². The van der Waals surface area contributed by atoms with Gasteiger partial charge in [-0.25, -0.2) is 0 Å². The molecule has 1 aliphatic heterocycles. The van der Waals surface area contributed by atoms with Crippen molar-refractivity contribution in [1.29, 1.82) is 0 Å². The normalized spacial score (nSPS) is 16.9. The van der Waals surface area contributed by atoms with Gasteiger partial charge in [0.15, 0.2) is 0 Å². The van der Waals surface area contributed by atoms with E-state index in [4.69, 9.17) is 9.47 Å². The molecule has 2 fully saturated rings. The number of methoxy groups -OCH3 is 1. The van der Waals surface area contributed by atoms with Gasteiger partial charge in [-0.3, -0.25) is 9.59 Å². The maximum absolute atomic E-state index is 13.1. The number of nitrogens with zero attached hydrogens (tertiary/aromatic N) is 1. The summed E-state index contributed by atoms with van der Waals surface area (Å²) in [5.41, 5.74) is 2.61. The lowest BCUT2D eigenvalue weighted by atomic mass is 9.85. The van der Waals surface area contributed by atoms with Gasteiger partial charge in [0.05, 0.1) is 20.3 Å². The molecule has 1 heterocycles. The average Bonchev–Trinajstić information content (AvgIpc) is 2.98. The zero-order valence-electron chi connectivity index (χ0n) is 22.5. The standard InChI is InChI=1S/C30H42N4O4/c1-37-27-14-10-25(11-15-27)31-17-18-32-30(36)28(16-7-23-5-3-2-4-6-23)33-29(35)24-8-12-26(13-9-24)34-19-21-38-22-20-34/h8-15,23,28,31H,2-7,16-22H2,1H3,(H,32,36)(H,33,35)/t28-/m0/s1. The van der Waals surface area contributed by atoms with Crippen LogP contribution in [-0.2, 0) is 9.53 Å². The second-order valence-corrected chi connectivity index (χ2v) is 10.2. The van der Waals surface area contributed by atoms with Crippen LogP contribution < -0.4 is 25.6 Å². The van der Waals surface area contributed by atoms with Crippen molar-refractivity contribution >= 4 is 23.2 Å². The fourth-order valence-electron chi connectivity index (χ4n) is 5.26. The molecule has 0 spiro atoms. The van der Waals surface area contributed by atoms with Gasteiger partial charge >= 0.3 is 0 Å². The number of anilines is 2. The molecule has 0 bridgehead atoms. The van der Waals surface area contributed by atoms with Crippen LogP contribution >= 0.6 is 0 Å². The first-order valence-electron chi connectivity index (χ1n) is 14.0. The molecule has 2 aromatic rings. The first kappa shape index (κ1) is 27.8. The van der Waals surface area contributed by atoms with Crippen molar-refractivity contribution in [1.82, 2.24) is 10.6 Å². The predicted octanol–water partition coefficient (Wildman–Crippen LogP) is 4.22. The molecule has 1 atom stereocenters. The third-order valence-corrected chi connectivity index (χ3v) is 7.56. The van der Waals surface area contributed by atoms with Gasteiger partial charge in [0.1, 0.15) is 11.8 Å². The average molecular weight is 523 g/mol.